The summed E-state index contributed by atoms with van der Waals surface area (Å²) in [6.07, 6.45) is 3.53. The zero-order valence-corrected chi connectivity index (χ0v) is 14.3. The number of amides is 1. The monoisotopic (exact) mass is 349 g/mol. The molecule has 4 nitrogen and oxygen atoms in total. The zero-order valence-electron chi connectivity index (χ0n) is 14.3. The molecule has 1 saturated heterocycles. The van der Waals surface area contributed by atoms with E-state index in [0.29, 0.717) is 10.9 Å². The fourth-order valence-electron chi connectivity index (χ4n) is 3.46. The number of nitrogens with zero attached hydrogens (tertiary/aromatic N) is 1. The molecule has 1 amide bonds. The summed E-state index contributed by atoms with van der Waals surface area (Å²) >= 11 is 0. The van der Waals surface area contributed by atoms with Gasteiger partial charge in [-0.1, -0.05) is 30.3 Å². The van der Waals surface area contributed by atoms with E-state index in [9.17, 15) is 9.18 Å². The molecule has 1 atom stereocenters. The van der Waals surface area contributed by atoms with E-state index >= 15 is 0 Å². The molecule has 1 aliphatic rings. The number of fused-ring (bicyclic) bond motifs is 1. The van der Waals surface area contributed by atoms with E-state index in [-0.39, 0.29) is 17.8 Å². The van der Waals surface area contributed by atoms with E-state index in [0.717, 1.165) is 42.6 Å². The van der Waals surface area contributed by atoms with Gasteiger partial charge in [0.2, 0.25) is 0 Å². The molecule has 4 rings (SSSR count). The molecule has 0 bridgehead atoms. The highest BCUT2D eigenvalue weighted by Crippen LogP contribution is 2.29. The Balaban J connectivity index is 1.76. The highest BCUT2D eigenvalue weighted by Gasteiger charge is 2.19. The minimum atomic E-state index is -0.365. The molecule has 2 heterocycles. The second-order valence-electron chi connectivity index (χ2n) is 6.59. The molecule has 1 unspecified atom stereocenters. The standard InChI is InChI=1S/C21H20FN3O/c22-15-8-9-17-18(11-15)19(21(26)25-16-7-4-10-23-12-16)13-24-20(17)14-5-2-1-3-6-14/h1-3,5-6,8-9,11,13,16,23H,4,7,10,12H2,(H,25,26). The number of rotatable bonds is 3. The molecule has 3 aromatic rings. The van der Waals surface area contributed by atoms with E-state index in [2.05, 4.69) is 15.6 Å². The smallest absolute Gasteiger partial charge is 0.253 e. The third kappa shape index (κ3) is 3.30. The van der Waals surface area contributed by atoms with Crippen LogP contribution in [0.2, 0.25) is 0 Å². The van der Waals surface area contributed by atoms with Gasteiger partial charge in [-0.2, -0.15) is 0 Å². The molecular formula is C21H20FN3O. The topological polar surface area (TPSA) is 54.0 Å². The van der Waals surface area contributed by atoms with E-state index in [1.807, 2.05) is 30.3 Å². The molecular weight excluding hydrogens is 329 g/mol. The number of aromatic nitrogens is 1. The summed E-state index contributed by atoms with van der Waals surface area (Å²) in [4.78, 5) is 17.3. The highest BCUT2D eigenvalue weighted by atomic mass is 19.1. The number of halogens is 1. The van der Waals surface area contributed by atoms with Crippen molar-refractivity contribution >= 4 is 16.7 Å². The predicted molar refractivity (Wildman–Crippen MR) is 100 cm³/mol. The second kappa shape index (κ2) is 7.22. The van der Waals surface area contributed by atoms with Crippen LogP contribution >= 0.6 is 0 Å². The zero-order chi connectivity index (χ0) is 17.9. The van der Waals surface area contributed by atoms with Crippen LogP contribution in [0.15, 0.2) is 54.7 Å². The van der Waals surface area contributed by atoms with Crippen molar-refractivity contribution in [3.8, 4) is 11.3 Å². The van der Waals surface area contributed by atoms with Gasteiger partial charge in [0, 0.05) is 35.1 Å². The number of pyridine rings is 1. The van der Waals surface area contributed by atoms with Crippen LogP contribution in [0.3, 0.4) is 0 Å². The molecule has 0 radical (unpaired) electrons. The van der Waals surface area contributed by atoms with Crippen molar-refractivity contribution in [1.82, 2.24) is 15.6 Å². The Bertz CT molecular complexity index is 937. The Labute approximate surface area is 151 Å². The van der Waals surface area contributed by atoms with Gasteiger partial charge in [-0.25, -0.2) is 4.39 Å². The van der Waals surface area contributed by atoms with Gasteiger partial charge in [0.1, 0.15) is 5.82 Å². The molecule has 1 aromatic heterocycles. The lowest BCUT2D eigenvalue weighted by Gasteiger charge is -2.24. The Kier molecular flexibility index (Phi) is 4.63. The fraction of sp³-hybridized carbons (Fsp3) is 0.238. The molecule has 2 aromatic carbocycles. The Morgan fingerprint density at radius 1 is 1.15 bits per heavy atom. The van der Waals surface area contributed by atoms with Gasteiger partial charge in [0.15, 0.2) is 0 Å². The van der Waals surface area contributed by atoms with Gasteiger partial charge >= 0.3 is 0 Å². The number of hydrogen-bond donors (Lipinski definition) is 2. The quantitative estimate of drug-likeness (QED) is 0.761. The first-order chi connectivity index (χ1) is 12.7. The van der Waals surface area contributed by atoms with Crippen molar-refractivity contribution in [3.63, 3.8) is 0 Å². The van der Waals surface area contributed by atoms with Crippen molar-refractivity contribution in [1.29, 1.82) is 0 Å². The van der Waals surface area contributed by atoms with Crippen LogP contribution in [0.5, 0.6) is 0 Å². The van der Waals surface area contributed by atoms with Gasteiger partial charge in [-0.3, -0.25) is 9.78 Å². The lowest BCUT2D eigenvalue weighted by molar-refractivity contribution is 0.0932. The molecule has 0 aliphatic carbocycles. The maximum Gasteiger partial charge on any atom is 0.253 e. The minimum absolute atomic E-state index is 0.0914. The Hall–Kier alpha value is -2.79. The number of carbonyl (C=O) groups is 1. The minimum Gasteiger partial charge on any atom is -0.348 e. The first kappa shape index (κ1) is 16.7. The SMILES string of the molecule is O=C(NC1CCCNC1)c1cnc(-c2ccccc2)c2ccc(F)cc12. The number of nitrogens with one attached hydrogen (secondary N) is 2. The third-order valence-corrected chi connectivity index (χ3v) is 4.77. The van der Waals surface area contributed by atoms with Gasteiger partial charge in [0.25, 0.3) is 5.91 Å². The van der Waals surface area contributed by atoms with Crippen LogP contribution in [-0.2, 0) is 0 Å². The summed E-state index contributed by atoms with van der Waals surface area (Å²) in [5.74, 6) is -0.572. The van der Waals surface area contributed by atoms with Crippen molar-refractivity contribution < 1.29 is 9.18 Å². The first-order valence-corrected chi connectivity index (χ1v) is 8.87. The van der Waals surface area contributed by atoms with Crippen LogP contribution in [-0.4, -0.2) is 30.0 Å². The van der Waals surface area contributed by atoms with Crippen molar-refractivity contribution in [3.05, 3.63) is 66.1 Å². The van der Waals surface area contributed by atoms with Gasteiger partial charge < -0.3 is 10.6 Å². The number of benzene rings is 2. The highest BCUT2D eigenvalue weighted by molar-refractivity contribution is 6.09. The van der Waals surface area contributed by atoms with E-state index < -0.39 is 0 Å². The molecule has 5 heteroatoms. The van der Waals surface area contributed by atoms with Gasteiger partial charge in [-0.05, 0) is 37.6 Å². The summed E-state index contributed by atoms with van der Waals surface area (Å²) in [7, 11) is 0. The maximum atomic E-state index is 13.9. The average Bonchev–Trinajstić information content (AvgIpc) is 2.68. The predicted octanol–water partition coefficient (Wildman–Crippen LogP) is 3.52. The van der Waals surface area contributed by atoms with Crippen molar-refractivity contribution in [2.75, 3.05) is 13.1 Å². The molecule has 0 spiro atoms. The lowest BCUT2D eigenvalue weighted by Crippen LogP contribution is -2.45. The number of carbonyl (C=O) groups excluding carboxylic acids is 1. The molecule has 1 aliphatic heterocycles. The summed E-state index contributed by atoms with van der Waals surface area (Å²) in [5, 5.41) is 7.67. The maximum absolute atomic E-state index is 13.9. The van der Waals surface area contributed by atoms with Crippen LogP contribution < -0.4 is 10.6 Å². The molecule has 26 heavy (non-hydrogen) atoms. The summed E-state index contributed by atoms with van der Waals surface area (Å²) in [5.41, 5.74) is 2.09. The molecule has 2 N–H and O–H groups in total. The summed E-state index contributed by atoms with van der Waals surface area (Å²) < 4.78 is 13.9. The fourth-order valence-corrected chi connectivity index (χ4v) is 3.46. The Morgan fingerprint density at radius 2 is 2.00 bits per heavy atom. The molecule has 132 valence electrons. The normalized spacial score (nSPS) is 17.2. The lowest BCUT2D eigenvalue weighted by atomic mass is 9.99. The first-order valence-electron chi connectivity index (χ1n) is 8.87. The van der Waals surface area contributed by atoms with Crippen LogP contribution in [0.25, 0.3) is 22.0 Å². The largest absolute Gasteiger partial charge is 0.348 e. The number of hydrogen-bond acceptors (Lipinski definition) is 3. The third-order valence-electron chi connectivity index (χ3n) is 4.77. The van der Waals surface area contributed by atoms with Gasteiger partial charge in [-0.15, -0.1) is 0 Å². The average molecular weight is 349 g/mol. The summed E-state index contributed by atoms with van der Waals surface area (Å²) in [6, 6.07) is 14.3. The van der Waals surface area contributed by atoms with Crippen LogP contribution in [0, 0.1) is 5.82 Å². The Morgan fingerprint density at radius 3 is 2.77 bits per heavy atom. The molecule has 1 fully saturated rings. The van der Waals surface area contributed by atoms with E-state index in [1.165, 1.54) is 12.1 Å². The van der Waals surface area contributed by atoms with Crippen molar-refractivity contribution in [2.45, 2.75) is 18.9 Å². The van der Waals surface area contributed by atoms with Gasteiger partial charge in [0.05, 0.1) is 11.3 Å². The molecule has 0 saturated carbocycles. The van der Waals surface area contributed by atoms with E-state index in [4.69, 9.17) is 0 Å². The second-order valence-corrected chi connectivity index (χ2v) is 6.59. The van der Waals surface area contributed by atoms with E-state index in [1.54, 1.807) is 12.3 Å². The van der Waals surface area contributed by atoms with Crippen LogP contribution in [0.1, 0.15) is 23.2 Å². The number of piperidine rings is 1. The summed E-state index contributed by atoms with van der Waals surface area (Å²) in [6.45, 7) is 1.74. The van der Waals surface area contributed by atoms with Crippen molar-refractivity contribution in [2.24, 2.45) is 0 Å². The van der Waals surface area contributed by atoms with Crippen LogP contribution in [0.4, 0.5) is 4.39 Å².